The predicted molar refractivity (Wildman–Crippen MR) is 108 cm³/mol. The summed E-state index contributed by atoms with van der Waals surface area (Å²) in [6.07, 6.45) is 13.7. The average molecular weight is 364 g/mol. The molecule has 0 spiro atoms. The summed E-state index contributed by atoms with van der Waals surface area (Å²) in [6, 6.07) is 5.76. The second kappa shape index (κ2) is 14.9. The molecular formula is C22H37NO3. The van der Waals surface area contributed by atoms with Crippen LogP contribution in [0.25, 0.3) is 6.08 Å². The fourth-order valence-corrected chi connectivity index (χ4v) is 2.98. The lowest BCUT2D eigenvalue weighted by atomic mass is 10.1. The molecule has 0 fully saturated rings. The lowest BCUT2D eigenvalue weighted by molar-refractivity contribution is 0.156. The van der Waals surface area contributed by atoms with Gasteiger partial charge in [-0.3, -0.25) is 4.98 Å². The van der Waals surface area contributed by atoms with Gasteiger partial charge in [0.25, 0.3) is 0 Å². The van der Waals surface area contributed by atoms with Crippen molar-refractivity contribution >= 4 is 6.08 Å². The minimum atomic E-state index is -0.424. The molecule has 148 valence electrons. The maximum atomic E-state index is 10.1. The molecule has 0 radical (unpaired) electrons. The zero-order valence-corrected chi connectivity index (χ0v) is 16.3. The number of hydrogen-bond acceptors (Lipinski definition) is 4. The Morgan fingerprint density at radius 3 is 2.46 bits per heavy atom. The van der Waals surface area contributed by atoms with Crippen molar-refractivity contribution in [2.24, 2.45) is 0 Å². The average Bonchev–Trinajstić information content (AvgIpc) is 2.63. The van der Waals surface area contributed by atoms with Gasteiger partial charge in [0.15, 0.2) is 0 Å². The highest BCUT2D eigenvalue weighted by atomic mass is 16.3. The lowest BCUT2D eigenvalue weighted by Gasteiger charge is -2.10. The smallest absolute Gasteiger partial charge is 0.0724 e. The minimum Gasteiger partial charge on any atom is -0.396 e. The van der Waals surface area contributed by atoms with Crippen LogP contribution in [0.3, 0.4) is 0 Å². The maximum absolute atomic E-state index is 10.1. The molecule has 0 saturated heterocycles. The van der Waals surface area contributed by atoms with Gasteiger partial charge in [0.1, 0.15) is 0 Å². The Kier molecular flexibility index (Phi) is 13.1. The van der Waals surface area contributed by atoms with Crippen molar-refractivity contribution < 1.29 is 15.3 Å². The van der Waals surface area contributed by atoms with E-state index in [1.165, 1.54) is 32.1 Å². The molecule has 2 unspecified atom stereocenters. The third kappa shape index (κ3) is 11.4. The number of aromatic nitrogens is 1. The molecule has 26 heavy (non-hydrogen) atoms. The Bertz CT molecular complexity index is 490. The minimum absolute atomic E-state index is 0.173. The van der Waals surface area contributed by atoms with Crippen LogP contribution < -0.4 is 0 Å². The summed E-state index contributed by atoms with van der Waals surface area (Å²) in [5.41, 5.74) is 1.67. The summed E-state index contributed by atoms with van der Waals surface area (Å²) in [7, 11) is 0. The Labute approximate surface area is 159 Å². The number of hydrogen-bond donors (Lipinski definition) is 3. The molecule has 4 nitrogen and oxygen atoms in total. The number of aliphatic hydroxyl groups excluding tert-OH is 3. The van der Waals surface area contributed by atoms with E-state index in [2.05, 4.69) is 11.9 Å². The highest BCUT2D eigenvalue weighted by molar-refractivity contribution is 5.45. The van der Waals surface area contributed by atoms with E-state index in [-0.39, 0.29) is 6.61 Å². The van der Waals surface area contributed by atoms with Crippen molar-refractivity contribution in [3.05, 3.63) is 35.7 Å². The molecule has 0 aliphatic heterocycles. The van der Waals surface area contributed by atoms with Crippen molar-refractivity contribution in [1.29, 1.82) is 0 Å². The second-order valence-corrected chi connectivity index (χ2v) is 7.11. The van der Waals surface area contributed by atoms with Crippen LogP contribution in [0.2, 0.25) is 0 Å². The fourth-order valence-electron chi connectivity index (χ4n) is 2.98. The van der Waals surface area contributed by atoms with Crippen LogP contribution in [-0.4, -0.2) is 39.1 Å². The molecule has 1 rings (SSSR count). The molecule has 0 saturated carbocycles. The van der Waals surface area contributed by atoms with Crippen molar-refractivity contribution in [1.82, 2.24) is 4.98 Å². The van der Waals surface area contributed by atoms with E-state index in [1.807, 2.05) is 30.4 Å². The van der Waals surface area contributed by atoms with Gasteiger partial charge >= 0.3 is 0 Å². The van der Waals surface area contributed by atoms with Crippen molar-refractivity contribution in [3.8, 4) is 0 Å². The van der Waals surface area contributed by atoms with Gasteiger partial charge in [0, 0.05) is 18.7 Å². The van der Waals surface area contributed by atoms with Crippen LogP contribution in [0.15, 0.2) is 24.3 Å². The Balaban J connectivity index is 2.33. The van der Waals surface area contributed by atoms with E-state index in [4.69, 9.17) is 5.11 Å². The molecule has 0 amide bonds. The number of unbranched alkanes of at least 4 members (excludes halogenated alkanes) is 6. The van der Waals surface area contributed by atoms with Gasteiger partial charge < -0.3 is 15.3 Å². The van der Waals surface area contributed by atoms with Crippen molar-refractivity contribution in [3.63, 3.8) is 0 Å². The van der Waals surface area contributed by atoms with E-state index in [0.717, 1.165) is 37.1 Å². The lowest BCUT2D eigenvalue weighted by Crippen LogP contribution is -2.12. The standard InChI is InChI=1S/C22H37NO3/c1-2-3-4-5-6-7-13-21(25)16-15-19-11-10-12-20(23-19)18-22(26)14-8-9-17-24/h10-12,15-16,21-22,24-26H,2-9,13-14,17-18H2,1H3/b16-15+. The van der Waals surface area contributed by atoms with Crippen LogP contribution in [0, 0.1) is 0 Å². The van der Waals surface area contributed by atoms with Crippen LogP contribution in [0.5, 0.6) is 0 Å². The van der Waals surface area contributed by atoms with E-state index in [0.29, 0.717) is 12.8 Å². The summed E-state index contributed by atoms with van der Waals surface area (Å²) in [6.45, 7) is 2.39. The molecule has 0 aliphatic carbocycles. The van der Waals surface area contributed by atoms with Gasteiger partial charge in [0.05, 0.1) is 17.9 Å². The zero-order valence-electron chi connectivity index (χ0n) is 16.3. The van der Waals surface area contributed by atoms with Crippen LogP contribution in [0.4, 0.5) is 0 Å². The van der Waals surface area contributed by atoms with Crippen molar-refractivity contribution in [2.75, 3.05) is 6.61 Å². The molecule has 1 aromatic rings. The molecule has 0 aliphatic rings. The summed E-state index contributed by atoms with van der Waals surface area (Å²) in [4.78, 5) is 4.54. The molecule has 1 heterocycles. The normalized spacial score (nSPS) is 14.0. The third-order valence-corrected chi connectivity index (χ3v) is 4.56. The Morgan fingerprint density at radius 2 is 1.69 bits per heavy atom. The van der Waals surface area contributed by atoms with Gasteiger partial charge in [-0.15, -0.1) is 0 Å². The first kappa shape index (κ1) is 22.8. The largest absolute Gasteiger partial charge is 0.396 e. The van der Waals surface area contributed by atoms with Crippen LogP contribution in [-0.2, 0) is 6.42 Å². The highest BCUT2D eigenvalue weighted by Gasteiger charge is 2.07. The SMILES string of the molecule is CCCCCCCCC(O)/C=C/c1cccc(CC(O)CCCCO)n1. The summed E-state index contributed by atoms with van der Waals surface area (Å²) in [5.74, 6) is 0. The molecule has 3 N–H and O–H groups in total. The Morgan fingerprint density at radius 1 is 0.962 bits per heavy atom. The van der Waals surface area contributed by atoms with E-state index < -0.39 is 12.2 Å². The van der Waals surface area contributed by atoms with E-state index in [9.17, 15) is 10.2 Å². The maximum Gasteiger partial charge on any atom is 0.0724 e. The molecule has 4 heteroatoms. The van der Waals surface area contributed by atoms with Crippen LogP contribution >= 0.6 is 0 Å². The fraction of sp³-hybridized carbons (Fsp3) is 0.682. The molecule has 1 aromatic heterocycles. The Hall–Kier alpha value is -1.23. The van der Waals surface area contributed by atoms with Gasteiger partial charge in [-0.25, -0.2) is 0 Å². The highest BCUT2D eigenvalue weighted by Crippen LogP contribution is 2.12. The summed E-state index contributed by atoms with van der Waals surface area (Å²) in [5, 5.41) is 28.9. The molecule has 0 aromatic carbocycles. The van der Waals surface area contributed by atoms with Gasteiger partial charge in [0.2, 0.25) is 0 Å². The monoisotopic (exact) mass is 363 g/mol. The topological polar surface area (TPSA) is 73.6 Å². The first-order valence-corrected chi connectivity index (χ1v) is 10.3. The van der Waals surface area contributed by atoms with Crippen LogP contribution in [0.1, 0.15) is 82.5 Å². The van der Waals surface area contributed by atoms with Gasteiger partial charge in [-0.1, -0.05) is 57.6 Å². The second-order valence-electron chi connectivity index (χ2n) is 7.11. The first-order valence-electron chi connectivity index (χ1n) is 10.3. The van der Waals surface area contributed by atoms with Crippen molar-refractivity contribution in [2.45, 2.75) is 89.8 Å². The molecule has 2 atom stereocenters. The number of rotatable bonds is 15. The molecule has 0 bridgehead atoms. The third-order valence-electron chi connectivity index (χ3n) is 4.56. The van der Waals surface area contributed by atoms with Gasteiger partial charge in [-0.05, 0) is 43.9 Å². The predicted octanol–water partition coefficient (Wildman–Crippen LogP) is 4.27. The molecular weight excluding hydrogens is 326 g/mol. The summed E-state index contributed by atoms with van der Waals surface area (Å²) < 4.78 is 0. The number of aliphatic hydroxyl groups is 3. The van der Waals surface area contributed by atoms with E-state index in [1.54, 1.807) is 0 Å². The number of pyridine rings is 1. The quantitative estimate of drug-likeness (QED) is 0.407. The van der Waals surface area contributed by atoms with E-state index >= 15 is 0 Å². The number of nitrogens with zero attached hydrogens (tertiary/aromatic N) is 1. The van der Waals surface area contributed by atoms with Gasteiger partial charge in [-0.2, -0.15) is 0 Å². The summed E-state index contributed by atoms with van der Waals surface area (Å²) >= 11 is 0. The zero-order chi connectivity index (χ0) is 19.0. The first-order chi connectivity index (χ1) is 12.7.